The Hall–Kier alpha value is -2.43. The van der Waals surface area contributed by atoms with E-state index in [1.165, 1.54) is 18.5 Å². The number of carboxylic acids is 1. The van der Waals surface area contributed by atoms with Crippen LogP contribution in [0.5, 0.6) is 5.75 Å². The predicted molar refractivity (Wildman–Crippen MR) is 59.8 cm³/mol. The number of carbonyl (C=O) groups is 1. The van der Waals surface area contributed by atoms with Crippen molar-refractivity contribution in [3.63, 3.8) is 0 Å². The summed E-state index contributed by atoms with van der Waals surface area (Å²) in [5.41, 5.74) is 0.872. The standard InChI is InChI=1S/C12H10N2O3/c15-12(16)9-5-11(7-13-6-9)17-8-10-3-1-2-4-14-10/h1-7H,8H2,(H,15,16). The van der Waals surface area contributed by atoms with Gasteiger partial charge in [-0.05, 0) is 18.2 Å². The quantitative estimate of drug-likeness (QED) is 0.866. The lowest BCUT2D eigenvalue weighted by Crippen LogP contribution is -2.01. The summed E-state index contributed by atoms with van der Waals surface area (Å²) in [5.74, 6) is -0.615. The van der Waals surface area contributed by atoms with Crippen LogP contribution in [0, 0.1) is 0 Å². The van der Waals surface area contributed by atoms with Gasteiger partial charge in [0.2, 0.25) is 0 Å². The topological polar surface area (TPSA) is 72.3 Å². The molecule has 17 heavy (non-hydrogen) atoms. The van der Waals surface area contributed by atoms with Crippen molar-refractivity contribution in [1.82, 2.24) is 9.97 Å². The lowest BCUT2D eigenvalue weighted by Gasteiger charge is -2.05. The van der Waals surface area contributed by atoms with Gasteiger partial charge in [0, 0.05) is 12.4 Å². The molecule has 0 aromatic carbocycles. The third-order valence-electron chi connectivity index (χ3n) is 2.07. The van der Waals surface area contributed by atoms with E-state index >= 15 is 0 Å². The van der Waals surface area contributed by atoms with Crippen molar-refractivity contribution in [2.24, 2.45) is 0 Å². The van der Waals surface area contributed by atoms with E-state index in [1.54, 1.807) is 6.20 Å². The van der Waals surface area contributed by atoms with E-state index in [-0.39, 0.29) is 12.2 Å². The first-order valence-corrected chi connectivity index (χ1v) is 4.97. The van der Waals surface area contributed by atoms with Gasteiger partial charge >= 0.3 is 5.97 Å². The van der Waals surface area contributed by atoms with Gasteiger partial charge in [0.15, 0.2) is 0 Å². The zero-order valence-corrected chi connectivity index (χ0v) is 8.91. The van der Waals surface area contributed by atoms with E-state index in [2.05, 4.69) is 9.97 Å². The second-order valence-electron chi connectivity index (χ2n) is 3.32. The third kappa shape index (κ3) is 3.01. The Kier molecular flexibility index (Phi) is 3.30. The molecule has 5 heteroatoms. The molecule has 2 aromatic heterocycles. The Balaban J connectivity index is 2.04. The third-order valence-corrected chi connectivity index (χ3v) is 2.07. The van der Waals surface area contributed by atoms with Crippen molar-refractivity contribution in [2.45, 2.75) is 6.61 Å². The van der Waals surface area contributed by atoms with Crippen LogP contribution in [0.2, 0.25) is 0 Å². The second kappa shape index (κ2) is 5.07. The van der Waals surface area contributed by atoms with E-state index in [0.717, 1.165) is 5.69 Å². The van der Waals surface area contributed by atoms with E-state index in [0.29, 0.717) is 5.75 Å². The fraction of sp³-hybridized carbons (Fsp3) is 0.0833. The molecular formula is C12H10N2O3. The molecule has 0 aliphatic heterocycles. The summed E-state index contributed by atoms with van der Waals surface area (Å²) in [5, 5.41) is 8.79. The molecule has 0 aliphatic carbocycles. The molecule has 0 bridgehead atoms. The molecule has 0 saturated carbocycles. The summed E-state index contributed by atoms with van der Waals surface area (Å²) in [4.78, 5) is 18.6. The van der Waals surface area contributed by atoms with E-state index in [4.69, 9.17) is 9.84 Å². The van der Waals surface area contributed by atoms with Gasteiger partial charge in [-0.1, -0.05) is 6.07 Å². The monoisotopic (exact) mass is 230 g/mol. The summed E-state index contributed by atoms with van der Waals surface area (Å²) < 4.78 is 5.39. The minimum atomic E-state index is -1.03. The van der Waals surface area contributed by atoms with Gasteiger partial charge in [0.1, 0.15) is 12.4 Å². The maximum Gasteiger partial charge on any atom is 0.337 e. The van der Waals surface area contributed by atoms with Crippen LogP contribution < -0.4 is 4.74 Å². The highest BCUT2D eigenvalue weighted by molar-refractivity contribution is 5.87. The highest BCUT2D eigenvalue weighted by Gasteiger charge is 2.05. The summed E-state index contributed by atoms with van der Waals surface area (Å²) >= 11 is 0. The molecule has 5 nitrogen and oxygen atoms in total. The molecule has 0 atom stereocenters. The maximum atomic E-state index is 10.7. The molecule has 0 saturated heterocycles. The molecule has 86 valence electrons. The first-order chi connectivity index (χ1) is 8.25. The number of nitrogens with zero attached hydrogens (tertiary/aromatic N) is 2. The molecule has 0 radical (unpaired) electrons. The van der Waals surface area contributed by atoms with Gasteiger partial charge in [0.05, 0.1) is 17.5 Å². The Morgan fingerprint density at radius 1 is 1.35 bits per heavy atom. The number of aromatic nitrogens is 2. The number of carboxylic acid groups (broad SMARTS) is 1. The Morgan fingerprint density at radius 3 is 2.94 bits per heavy atom. The normalized spacial score (nSPS) is 9.88. The highest BCUT2D eigenvalue weighted by atomic mass is 16.5. The smallest absolute Gasteiger partial charge is 0.337 e. The van der Waals surface area contributed by atoms with Crippen molar-refractivity contribution in [1.29, 1.82) is 0 Å². The van der Waals surface area contributed by atoms with E-state index in [1.807, 2.05) is 18.2 Å². The van der Waals surface area contributed by atoms with Crippen molar-refractivity contribution >= 4 is 5.97 Å². The Morgan fingerprint density at radius 2 is 2.24 bits per heavy atom. The van der Waals surface area contributed by atoms with E-state index < -0.39 is 5.97 Å². The molecule has 2 rings (SSSR count). The average Bonchev–Trinajstić information content (AvgIpc) is 2.38. The average molecular weight is 230 g/mol. The van der Waals surface area contributed by atoms with Crippen molar-refractivity contribution in [3.8, 4) is 5.75 Å². The van der Waals surface area contributed by atoms with Crippen molar-refractivity contribution in [3.05, 3.63) is 54.1 Å². The highest BCUT2D eigenvalue weighted by Crippen LogP contribution is 2.12. The number of aromatic carboxylic acids is 1. The maximum absolute atomic E-state index is 10.7. The van der Waals surface area contributed by atoms with Gasteiger partial charge in [-0.15, -0.1) is 0 Å². The number of ether oxygens (including phenoxy) is 1. The lowest BCUT2D eigenvalue weighted by molar-refractivity contribution is 0.0696. The van der Waals surface area contributed by atoms with Gasteiger partial charge < -0.3 is 9.84 Å². The summed E-state index contributed by atoms with van der Waals surface area (Å²) in [6.45, 7) is 0.283. The molecule has 2 heterocycles. The molecule has 0 amide bonds. The fourth-order valence-corrected chi connectivity index (χ4v) is 1.26. The van der Waals surface area contributed by atoms with Crippen LogP contribution in [0.25, 0.3) is 0 Å². The van der Waals surface area contributed by atoms with E-state index in [9.17, 15) is 4.79 Å². The minimum Gasteiger partial charge on any atom is -0.486 e. The molecule has 0 spiro atoms. The number of hydrogen-bond acceptors (Lipinski definition) is 4. The molecule has 0 fully saturated rings. The fourth-order valence-electron chi connectivity index (χ4n) is 1.26. The van der Waals surface area contributed by atoms with Crippen LogP contribution in [0.4, 0.5) is 0 Å². The van der Waals surface area contributed by atoms with Gasteiger partial charge in [-0.2, -0.15) is 0 Å². The van der Waals surface area contributed by atoms with Gasteiger partial charge in [0.25, 0.3) is 0 Å². The molecule has 0 unspecified atom stereocenters. The number of rotatable bonds is 4. The van der Waals surface area contributed by atoms with Crippen LogP contribution in [0.1, 0.15) is 16.1 Å². The minimum absolute atomic E-state index is 0.100. The first kappa shape index (κ1) is 11.1. The SMILES string of the molecule is O=C(O)c1cncc(OCc2ccccn2)c1. The van der Waals surface area contributed by atoms with Crippen LogP contribution in [0.3, 0.4) is 0 Å². The Bertz CT molecular complexity index is 514. The summed E-state index contributed by atoms with van der Waals surface area (Å²) in [7, 11) is 0. The van der Waals surface area contributed by atoms with Crippen LogP contribution in [0.15, 0.2) is 42.9 Å². The zero-order valence-electron chi connectivity index (χ0n) is 8.91. The Labute approximate surface area is 97.7 Å². The molecule has 1 N–H and O–H groups in total. The van der Waals surface area contributed by atoms with Gasteiger partial charge in [-0.3, -0.25) is 9.97 Å². The number of hydrogen-bond donors (Lipinski definition) is 1. The van der Waals surface area contributed by atoms with Gasteiger partial charge in [-0.25, -0.2) is 4.79 Å². The van der Waals surface area contributed by atoms with Crippen molar-refractivity contribution < 1.29 is 14.6 Å². The molecule has 0 aliphatic rings. The predicted octanol–water partition coefficient (Wildman–Crippen LogP) is 1.75. The summed E-state index contributed by atoms with van der Waals surface area (Å²) in [6.07, 6.45) is 4.41. The zero-order chi connectivity index (χ0) is 12.1. The molecular weight excluding hydrogens is 220 g/mol. The summed E-state index contributed by atoms with van der Waals surface area (Å²) in [6, 6.07) is 6.93. The second-order valence-corrected chi connectivity index (χ2v) is 3.32. The van der Waals surface area contributed by atoms with Crippen molar-refractivity contribution in [2.75, 3.05) is 0 Å². The lowest BCUT2D eigenvalue weighted by atomic mass is 10.3. The van der Waals surface area contributed by atoms with Crippen LogP contribution >= 0.6 is 0 Å². The largest absolute Gasteiger partial charge is 0.486 e. The first-order valence-electron chi connectivity index (χ1n) is 4.97. The number of pyridine rings is 2. The molecule has 2 aromatic rings. The van der Waals surface area contributed by atoms with Crippen LogP contribution in [-0.4, -0.2) is 21.0 Å². The van der Waals surface area contributed by atoms with Crippen LogP contribution in [-0.2, 0) is 6.61 Å².